The molecule has 13 nitrogen and oxygen atoms in total. The SMILES string of the molecule is Cc1sc2c(c1C)C(c1ccc(C#CC3CC4(C3)CN(c3ccc(C(=O)NC5CCC(Oc6ccc(C#N)c(Cl)c6)CC5)nn3)C4)cc1F)=NC(Cc1ncco1)c1nnc(C)n1-2. The van der Waals surface area contributed by atoms with Crippen LogP contribution in [0.2, 0.25) is 5.02 Å². The minimum atomic E-state index is -0.489. The number of carbonyl (C=O) groups excluding carboxylic acids is 1. The summed E-state index contributed by atoms with van der Waals surface area (Å²) >= 11 is 7.78. The largest absolute Gasteiger partial charge is 0.490 e. The van der Waals surface area contributed by atoms with Gasteiger partial charge in [0.15, 0.2) is 23.2 Å². The van der Waals surface area contributed by atoms with Crippen molar-refractivity contribution in [2.45, 2.75) is 83.9 Å². The molecule has 318 valence electrons. The number of ether oxygens (including phenoxy) is 1. The van der Waals surface area contributed by atoms with Gasteiger partial charge >= 0.3 is 0 Å². The number of carbonyl (C=O) groups is 1. The monoisotopic (exact) mass is 880 g/mol. The second-order valence-corrected chi connectivity index (χ2v) is 18.7. The second kappa shape index (κ2) is 16.4. The summed E-state index contributed by atoms with van der Waals surface area (Å²) in [5.41, 5.74) is 4.39. The number of aromatic nitrogens is 6. The molecule has 4 aromatic heterocycles. The van der Waals surface area contributed by atoms with Gasteiger partial charge in [-0.3, -0.25) is 14.4 Å². The molecule has 1 atom stereocenters. The third kappa shape index (κ3) is 7.85. The second-order valence-electron chi connectivity index (χ2n) is 17.0. The van der Waals surface area contributed by atoms with E-state index < -0.39 is 6.04 Å². The highest BCUT2D eigenvalue weighted by Crippen LogP contribution is 2.52. The molecule has 1 N–H and O–H groups in total. The van der Waals surface area contributed by atoms with Crippen molar-refractivity contribution in [1.82, 2.24) is 35.3 Å². The number of hydrogen-bond acceptors (Lipinski definition) is 12. The highest BCUT2D eigenvalue weighted by atomic mass is 35.5. The Hall–Kier alpha value is -6.42. The number of nitriles is 1. The molecule has 63 heavy (non-hydrogen) atoms. The van der Waals surface area contributed by atoms with E-state index in [0.29, 0.717) is 57.0 Å². The lowest BCUT2D eigenvalue weighted by atomic mass is 9.58. The minimum Gasteiger partial charge on any atom is -0.490 e. The summed E-state index contributed by atoms with van der Waals surface area (Å²) < 4.78 is 30.0. The van der Waals surface area contributed by atoms with E-state index in [9.17, 15) is 4.79 Å². The molecule has 1 unspecified atom stereocenters. The predicted molar refractivity (Wildman–Crippen MR) is 235 cm³/mol. The molecule has 2 saturated carbocycles. The van der Waals surface area contributed by atoms with Crippen LogP contribution in [0.3, 0.4) is 0 Å². The number of oxazole rings is 1. The van der Waals surface area contributed by atoms with Gasteiger partial charge < -0.3 is 19.4 Å². The van der Waals surface area contributed by atoms with Gasteiger partial charge in [0.1, 0.15) is 40.8 Å². The number of nitrogens with one attached hydrogen (secondary N) is 1. The van der Waals surface area contributed by atoms with E-state index in [4.69, 9.17) is 31.0 Å². The maximum absolute atomic E-state index is 16.3. The molecule has 16 heteroatoms. The molecule has 6 aromatic rings. The number of amides is 1. The third-order valence-corrected chi connectivity index (χ3v) is 14.2. The Bertz CT molecular complexity index is 2870. The Morgan fingerprint density at radius 2 is 1.87 bits per heavy atom. The van der Waals surface area contributed by atoms with Crippen LogP contribution in [-0.4, -0.2) is 66.8 Å². The third-order valence-electron chi connectivity index (χ3n) is 12.7. The number of nitrogens with zero attached hydrogens (tertiary/aromatic N) is 9. The lowest BCUT2D eigenvalue weighted by molar-refractivity contribution is 0.0520. The molecular weight excluding hydrogens is 839 g/mol. The van der Waals surface area contributed by atoms with Crippen molar-refractivity contribution in [3.05, 3.63) is 128 Å². The first kappa shape index (κ1) is 40.6. The smallest absolute Gasteiger partial charge is 0.272 e. The van der Waals surface area contributed by atoms with E-state index in [1.54, 1.807) is 47.9 Å². The summed E-state index contributed by atoms with van der Waals surface area (Å²) in [6.45, 7) is 7.74. The van der Waals surface area contributed by atoms with E-state index in [0.717, 1.165) is 84.3 Å². The van der Waals surface area contributed by atoms with Crippen LogP contribution < -0.4 is 15.0 Å². The number of halogens is 2. The van der Waals surface area contributed by atoms with Gasteiger partial charge in [-0.15, -0.1) is 31.7 Å². The predicted octanol–water partition coefficient (Wildman–Crippen LogP) is 8.22. The van der Waals surface area contributed by atoms with Gasteiger partial charge in [0.05, 0.1) is 35.0 Å². The van der Waals surface area contributed by atoms with Gasteiger partial charge in [-0.2, -0.15) is 5.26 Å². The average molecular weight is 881 g/mol. The Morgan fingerprint density at radius 1 is 1.05 bits per heavy atom. The summed E-state index contributed by atoms with van der Waals surface area (Å²) in [6, 6.07) is 15.5. The minimum absolute atomic E-state index is 0.0156. The van der Waals surface area contributed by atoms with Gasteiger partial charge in [-0.05, 0) is 107 Å². The Kier molecular flexibility index (Phi) is 10.6. The fraction of sp³-hybridized carbons (Fsp3) is 0.362. The normalized spacial score (nSPS) is 19.9. The molecule has 1 amide bonds. The maximum Gasteiger partial charge on any atom is 0.272 e. The zero-order chi connectivity index (χ0) is 43.4. The van der Waals surface area contributed by atoms with E-state index in [1.807, 2.05) is 30.5 Å². The summed E-state index contributed by atoms with van der Waals surface area (Å²) in [5.74, 6) is 9.56. The zero-order valence-electron chi connectivity index (χ0n) is 34.9. The average Bonchev–Trinajstić information content (AvgIpc) is 3.96. The van der Waals surface area contributed by atoms with Gasteiger partial charge in [0.25, 0.3) is 5.91 Å². The molecular formula is C47H42ClFN10O3S. The van der Waals surface area contributed by atoms with Crippen molar-refractivity contribution in [2.75, 3.05) is 18.0 Å². The number of hydrogen-bond donors (Lipinski definition) is 1. The molecule has 3 fully saturated rings. The van der Waals surface area contributed by atoms with Crippen LogP contribution in [0.25, 0.3) is 5.00 Å². The molecule has 2 aliphatic heterocycles. The molecule has 4 aliphatic rings. The van der Waals surface area contributed by atoms with E-state index >= 15 is 4.39 Å². The quantitative estimate of drug-likeness (QED) is 0.148. The summed E-state index contributed by atoms with van der Waals surface area (Å²) in [5, 5.41) is 31.1. The molecule has 1 spiro atoms. The van der Waals surface area contributed by atoms with Crippen LogP contribution in [0.5, 0.6) is 5.75 Å². The summed E-state index contributed by atoms with van der Waals surface area (Å²) in [6.07, 6.45) is 8.56. The van der Waals surface area contributed by atoms with Gasteiger partial charge in [0, 0.05) is 58.1 Å². The number of aliphatic imine (C=N–C) groups is 1. The van der Waals surface area contributed by atoms with Crippen molar-refractivity contribution < 1.29 is 18.3 Å². The number of rotatable bonds is 8. The van der Waals surface area contributed by atoms with Crippen LogP contribution in [0.1, 0.15) is 105 Å². The fourth-order valence-corrected chi connectivity index (χ4v) is 10.7. The first-order chi connectivity index (χ1) is 30.5. The van der Waals surface area contributed by atoms with Crippen molar-refractivity contribution in [3.63, 3.8) is 0 Å². The number of aryl methyl sites for hydroxylation is 2. The number of fused-ring (bicyclic) bond motifs is 3. The number of thiophene rings is 1. The number of benzene rings is 2. The molecule has 0 bridgehead atoms. The molecule has 2 aliphatic carbocycles. The van der Waals surface area contributed by atoms with Crippen molar-refractivity contribution in [2.24, 2.45) is 16.3 Å². The van der Waals surface area contributed by atoms with Crippen molar-refractivity contribution in [3.8, 4) is 28.7 Å². The maximum atomic E-state index is 16.3. The van der Waals surface area contributed by atoms with Gasteiger partial charge in [0.2, 0.25) is 0 Å². The first-order valence-corrected chi connectivity index (χ1v) is 22.3. The van der Waals surface area contributed by atoms with Crippen LogP contribution in [0.4, 0.5) is 10.2 Å². The summed E-state index contributed by atoms with van der Waals surface area (Å²) in [4.78, 5) is 25.8. The molecule has 2 aromatic carbocycles. The first-order valence-electron chi connectivity index (χ1n) is 21.1. The molecule has 0 radical (unpaired) electrons. The van der Waals surface area contributed by atoms with Gasteiger partial charge in [-0.1, -0.05) is 23.4 Å². The Labute approximate surface area is 372 Å². The van der Waals surface area contributed by atoms with Crippen LogP contribution in [0.15, 0.2) is 70.4 Å². The zero-order valence-corrected chi connectivity index (χ0v) is 36.4. The van der Waals surface area contributed by atoms with Crippen LogP contribution >= 0.6 is 22.9 Å². The molecule has 6 heterocycles. The lowest BCUT2D eigenvalue weighted by Crippen LogP contribution is -2.62. The molecule has 1 saturated heterocycles. The summed E-state index contributed by atoms with van der Waals surface area (Å²) in [7, 11) is 0. The number of anilines is 1. The van der Waals surface area contributed by atoms with Crippen LogP contribution in [-0.2, 0) is 6.42 Å². The van der Waals surface area contributed by atoms with E-state index in [1.165, 1.54) is 12.3 Å². The Balaban J connectivity index is 0.733. The topological polar surface area (TPSA) is 160 Å². The molecule has 10 rings (SSSR count). The van der Waals surface area contributed by atoms with E-state index in [2.05, 4.69) is 60.4 Å². The van der Waals surface area contributed by atoms with Crippen molar-refractivity contribution >= 4 is 40.4 Å². The standard InChI is InChI=1S/C47H42ClFN10O3S/c1-26-27(2)63-46-42(26)43(53-39(20-41-51-16-17-61-41)44-57-54-28(3)59(44)46)35-13-6-29(18-37(35)49)4-5-30-21-47(22-30)24-58(25-47)40-15-14-38(55-56-40)45(60)52-32-8-11-33(12-9-32)62-34-10-7-31(23-50)36(48)19-34/h6-7,10,13-19,30,32-33,39H,8-9,11-12,20-22,24-25H2,1-3H3,(H,52,60). The Morgan fingerprint density at radius 3 is 2.59 bits per heavy atom. The highest BCUT2D eigenvalue weighted by molar-refractivity contribution is 7.15. The highest BCUT2D eigenvalue weighted by Gasteiger charge is 2.52. The van der Waals surface area contributed by atoms with Crippen LogP contribution in [0, 0.1) is 61.1 Å². The fourth-order valence-electron chi connectivity index (χ4n) is 9.32. The lowest BCUT2D eigenvalue weighted by Gasteiger charge is -2.58. The van der Waals surface area contributed by atoms with Crippen molar-refractivity contribution in [1.29, 1.82) is 5.26 Å². The van der Waals surface area contributed by atoms with E-state index in [-0.39, 0.29) is 35.2 Å². The van der Waals surface area contributed by atoms with Gasteiger partial charge in [-0.25, -0.2) is 9.37 Å².